The van der Waals surface area contributed by atoms with E-state index in [-0.39, 0.29) is 6.10 Å². The number of ether oxygens (including phenoxy) is 1. The zero-order valence-electron chi connectivity index (χ0n) is 8.24. The van der Waals surface area contributed by atoms with Gasteiger partial charge in [0.25, 0.3) is 0 Å². The molecule has 0 amide bonds. The number of nitrogen functional groups attached to an aromatic ring is 1. The molecule has 0 aliphatic carbocycles. The average molecular weight is 191 g/mol. The molecule has 1 atom stereocenters. The van der Waals surface area contributed by atoms with Crippen molar-refractivity contribution < 1.29 is 4.74 Å². The van der Waals surface area contributed by atoms with Gasteiger partial charge in [-0.1, -0.05) is 0 Å². The van der Waals surface area contributed by atoms with Crippen LogP contribution < -0.4 is 15.8 Å². The van der Waals surface area contributed by atoms with Crippen molar-refractivity contribution in [3.05, 3.63) is 18.2 Å². The van der Waals surface area contributed by atoms with Crippen molar-refractivity contribution in [2.75, 3.05) is 18.1 Å². The van der Waals surface area contributed by atoms with Crippen molar-refractivity contribution in [3.8, 4) is 5.75 Å². The van der Waals surface area contributed by atoms with Crippen LogP contribution in [0.5, 0.6) is 5.75 Å². The number of rotatable bonds is 0. The molecular weight excluding hydrogens is 178 g/mol. The zero-order valence-corrected chi connectivity index (χ0v) is 8.24. The molecule has 0 saturated carbocycles. The first-order valence-corrected chi connectivity index (χ1v) is 4.50. The summed E-state index contributed by atoms with van der Waals surface area (Å²) >= 11 is 0. The van der Waals surface area contributed by atoms with E-state index in [0.717, 1.165) is 17.3 Å². The van der Waals surface area contributed by atoms with Gasteiger partial charge in [-0.05, 0) is 25.1 Å². The minimum atomic E-state index is -0.0314. The molecule has 0 bridgehead atoms. The SMILES string of the molecule is CN=C1Nc2cc(N)ccc2OC1C. The number of amidine groups is 1. The highest BCUT2D eigenvalue weighted by molar-refractivity contribution is 6.01. The molecule has 3 N–H and O–H groups in total. The first-order chi connectivity index (χ1) is 6.70. The number of hydrogen-bond donors (Lipinski definition) is 2. The molecule has 1 unspecified atom stereocenters. The van der Waals surface area contributed by atoms with Gasteiger partial charge in [-0.15, -0.1) is 0 Å². The molecule has 0 aromatic heterocycles. The van der Waals surface area contributed by atoms with Gasteiger partial charge in [-0.2, -0.15) is 0 Å². The maximum absolute atomic E-state index is 5.67. The normalized spacial score (nSPS) is 22.4. The molecule has 1 aromatic rings. The van der Waals surface area contributed by atoms with Crippen LogP contribution in [-0.4, -0.2) is 19.0 Å². The molecule has 2 rings (SSSR count). The van der Waals surface area contributed by atoms with Crippen LogP contribution in [0.1, 0.15) is 6.92 Å². The predicted octanol–water partition coefficient (Wildman–Crippen LogP) is 1.49. The molecule has 4 nitrogen and oxygen atoms in total. The summed E-state index contributed by atoms with van der Waals surface area (Å²) in [6.45, 7) is 1.95. The topological polar surface area (TPSA) is 59.6 Å². The third kappa shape index (κ3) is 1.39. The minimum Gasteiger partial charge on any atom is -0.481 e. The van der Waals surface area contributed by atoms with Crippen molar-refractivity contribution in [1.29, 1.82) is 0 Å². The van der Waals surface area contributed by atoms with E-state index in [0.29, 0.717) is 5.69 Å². The summed E-state index contributed by atoms with van der Waals surface area (Å²) < 4.78 is 5.64. The number of nitrogens with two attached hydrogens (primary N) is 1. The Balaban J connectivity index is 2.41. The fourth-order valence-electron chi connectivity index (χ4n) is 1.47. The highest BCUT2D eigenvalue weighted by atomic mass is 16.5. The van der Waals surface area contributed by atoms with Crippen molar-refractivity contribution in [1.82, 2.24) is 0 Å². The van der Waals surface area contributed by atoms with Gasteiger partial charge in [0.15, 0.2) is 6.10 Å². The van der Waals surface area contributed by atoms with Gasteiger partial charge in [0.2, 0.25) is 0 Å². The van der Waals surface area contributed by atoms with Gasteiger partial charge in [0.05, 0.1) is 5.69 Å². The lowest BCUT2D eigenvalue weighted by Gasteiger charge is -2.26. The zero-order chi connectivity index (χ0) is 10.1. The van der Waals surface area contributed by atoms with Gasteiger partial charge in [0.1, 0.15) is 11.6 Å². The second kappa shape index (κ2) is 3.21. The number of anilines is 2. The van der Waals surface area contributed by atoms with E-state index in [1.54, 1.807) is 7.05 Å². The molecular formula is C10H13N3O. The molecule has 14 heavy (non-hydrogen) atoms. The highest BCUT2D eigenvalue weighted by Gasteiger charge is 2.20. The minimum absolute atomic E-state index is 0.0314. The van der Waals surface area contributed by atoms with Crippen molar-refractivity contribution in [2.24, 2.45) is 4.99 Å². The number of fused-ring (bicyclic) bond motifs is 1. The Bertz CT molecular complexity index is 387. The van der Waals surface area contributed by atoms with Crippen LogP contribution in [0.3, 0.4) is 0 Å². The van der Waals surface area contributed by atoms with Crippen LogP contribution in [0.15, 0.2) is 23.2 Å². The van der Waals surface area contributed by atoms with Crippen molar-refractivity contribution >= 4 is 17.2 Å². The predicted molar refractivity (Wildman–Crippen MR) is 57.9 cm³/mol. The van der Waals surface area contributed by atoms with Gasteiger partial charge in [-0.25, -0.2) is 0 Å². The Morgan fingerprint density at radius 3 is 3.00 bits per heavy atom. The highest BCUT2D eigenvalue weighted by Crippen LogP contribution is 2.31. The molecule has 4 heteroatoms. The van der Waals surface area contributed by atoms with Crippen LogP contribution in [0.25, 0.3) is 0 Å². The molecule has 1 aliphatic heterocycles. The van der Waals surface area contributed by atoms with Crippen LogP contribution in [0.2, 0.25) is 0 Å². The Morgan fingerprint density at radius 2 is 2.29 bits per heavy atom. The molecule has 1 aliphatic rings. The van der Waals surface area contributed by atoms with E-state index >= 15 is 0 Å². The lowest BCUT2D eigenvalue weighted by atomic mass is 10.2. The van der Waals surface area contributed by atoms with E-state index in [4.69, 9.17) is 10.5 Å². The quantitative estimate of drug-likeness (QED) is 0.611. The van der Waals surface area contributed by atoms with Crippen molar-refractivity contribution in [2.45, 2.75) is 13.0 Å². The van der Waals surface area contributed by atoms with Gasteiger partial charge in [-0.3, -0.25) is 4.99 Å². The first kappa shape index (κ1) is 8.87. The molecule has 0 saturated heterocycles. The number of aliphatic imine (C=N–C) groups is 1. The maximum Gasteiger partial charge on any atom is 0.153 e. The summed E-state index contributed by atoms with van der Waals surface area (Å²) in [5.74, 6) is 1.64. The van der Waals surface area contributed by atoms with E-state index in [1.165, 1.54) is 0 Å². The van der Waals surface area contributed by atoms with Gasteiger partial charge >= 0.3 is 0 Å². The lowest BCUT2D eigenvalue weighted by molar-refractivity contribution is 0.283. The summed E-state index contributed by atoms with van der Waals surface area (Å²) in [5.41, 5.74) is 7.26. The Labute approximate surface area is 82.8 Å². The second-order valence-corrected chi connectivity index (χ2v) is 3.25. The second-order valence-electron chi connectivity index (χ2n) is 3.25. The Hall–Kier alpha value is -1.71. The molecule has 1 aromatic carbocycles. The fourth-order valence-corrected chi connectivity index (χ4v) is 1.47. The Morgan fingerprint density at radius 1 is 1.50 bits per heavy atom. The molecule has 0 spiro atoms. The van der Waals surface area contributed by atoms with Crippen molar-refractivity contribution in [3.63, 3.8) is 0 Å². The monoisotopic (exact) mass is 191 g/mol. The van der Waals surface area contributed by atoms with Crippen LogP contribution >= 0.6 is 0 Å². The number of benzene rings is 1. The molecule has 0 fully saturated rings. The van der Waals surface area contributed by atoms with E-state index in [9.17, 15) is 0 Å². The summed E-state index contributed by atoms with van der Waals surface area (Å²) in [7, 11) is 1.74. The lowest BCUT2D eigenvalue weighted by Crippen LogP contribution is -2.34. The van der Waals surface area contributed by atoms with Crippen LogP contribution in [-0.2, 0) is 0 Å². The van der Waals surface area contributed by atoms with Crippen LogP contribution in [0, 0.1) is 0 Å². The smallest absolute Gasteiger partial charge is 0.153 e. The number of nitrogens with zero attached hydrogens (tertiary/aromatic N) is 1. The molecule has 74 valence electrons. The third-order valence-electron chi connectivity index (χ3n) is 2.20. The summed E-state index contributed by atoms with van der Waals surface area (Å²) in [6.07, 6.45) is -0.0314. The summed E-state index contributed by atoms with van der Waals surface area (Å²) in [4.78, 5) is 4.10. The third-order valence-corrected chi connectivity index (χ3v) is 2.20. The van der Waals surface area contributed by atoms with E-state index < -0.39 is 0 Å². The molecule has 0 radical (unpaired) electrons. The fraction of sp³-hybridized carbons (Fsp3) is 0.300. The first-order valence-electron chi connectivity index (χ1n) is 4.50. The number of hydrogen-bond acceptors (Lipinski definition) is 3. The standard InChI is InChI=1S/C10H13N3O/c1-6-10(12-2)13-8-5-7(11)3-4-9(8)14-6/h3-6H,11H2,1-2H3,(H,12,13). The summed E-state index contributed by atoms with van der Waals surface area (Å²) in [6, 6.07) is 5.52. The Kier molecular flexibility index (Phi) is 2.04. The maximum atomic E-state index is 5.67. The van der Waals surface area contributed by atoms with E-state index in [1.807, 2.05) is 25.1 Å². The van der Waals surface area contributed by atoms with E-state index in [2.05, 4.69) is 10.3 Å². The molecule has 1 heterocycles. The van der Waals surface area contributed by atoms with Gasteiger partial charge in [0, 0.05) is 12.7 Å². The summed E-state index contributed by atoms with van der Waals surface area (Å²) in [5, 5.41) is 3.18. The number of nitrogens with one attached hydrogen (secondary N) is 1. The van der Waals surface area contributed by atoms with Crippen LogP contribution in [0.4, 0.5) is 11.4 Å². The average Bonchev–Trinajstić information content (AvgIpc) is 2.17. The largest absolute Gasteiger partial charge is 0.481 e. The van der Waals surface area contributed by atoms with Gasteiger partial charge < -0.3 is 15.8 Å².